The smallest absolute Gasteiger partial charge is 0.270 e. The zero-order valence-corrected chi connectivity index (χ0v) is 9.38. The van der Waals surface area contributed by atoms with E-state index in [9.17, 15) is 0 Å². The van der Waals surface area contributed by atoms with Crippen molar-refractivity contribution in [1.82, 2.24) is 4.98 Å². The van der Waals surface area contributed by atoms with E-state index in [0.717, 1.165) is 6.42 Å². The monoisotopic (exact) mass is 236 g/mol. The predicted octanol–water partition coefficient (Wildman–Crippen LogP) is 2.53. The fraction of sp³-hybridized carbons (Fsp3) is 0.300. The predicted molar refractivity (Wildman–Crippen MR) is 60.4 cm³/mol. The third-order valence-electron chi connectivity index (χ3n) is 1.78. The topological polar surface area (TPSA) is 76.3 Å². The summed E-state index contributed by atoms with van der Waals surface area (Å²) in [6.45, 7) is 9.27. The summed E-state index contributed by atoms with van der Waals surface area (Å²) >= 11 is 5.75. The molecule has 0 aliphatic heterocycles. The molecular weight excluding hydrogens is 228 g/mol. The van der Waals surface area contributed by atoms with Crippen LogP contribution in [0.5, 0.6) is 5.75 Å². The molecule has 0 aliphatic rings. The Hall–Kier alpha value is -1.98. The van der Waals surface area contributed by atoms with E-state index in [1.807, 2.05) is 13.0 Å². The standard InChI is InChI=1S/C10H9ClN4O/c1-3-4-16-8-6(5-12)9(11)15-10(13)7(8)14-2/h3-4H2,1H3,(H2,13,15). The van der Waals surface area contributed by atoms with Gasteiger partial charge >= 0.3 is 0 Å². The first-order valence-electron chi connectivity index (χ1n) is 4.55. The average Bonchev–Trinajstić information content (AvgIpc) is 2.26. The molecule has 0 bridgehead atoms. The molecule has 0 fully saturated rings. The quantitative estimate of drug-likeness (QED) is 0.646. The number of ether oxygens (including phenoxy) is 1. The normalized spacial score (nSPS) is 9.25. The number of hydrogen-bond donors (Lipinski definition) is 1. The van der Waals surface area contributed by atoms with E-state index >= 15 is 0 Å². The molecule has 1 heterocycles. The van der Waals surface area contributed by atoms with Gasteiger partial charge < -0.3 is 10.5 Å². The second-order valence-electron chi connectivity index (χ2n) is 2.91. The van der Waals surface area contributed by atoms with Gasteiger partial charge in [-0.15, -0.1) is 0 Å². The van der Waals surface area contributed by atoms with E-state index in [2.05, 4.69) is 9.83 Å². The average molecular weight is 237 g/mol. The van der Waals surface area contributed by atoms with E-state index in [1.165, 1.54) is 0 Å². The maximum absolute atomic E-state index is 8.91. The minimum absolute atomic E-state index is 0.0231. The number of nitrogens with zero attached hydrogens (tertiary/aromatic N) is 3. The van der Waals surface area contributed by atoms with Gasteiger partial charge in [-0.1, -0.05) is 18.5 Å². The molecule has 2 N–H and O–H groups in total. The van der Waals surface area contributed by atoms with Crippen LogP contribution in [-0.2, 0) is 0 Å². The lowest BCUT2D eigenvalue weighted by atomic mass is 10.2. The van der Waals surface area contributed by atoms with E-state index in [4.69, 9.17) is 33.9 Å². The number of anilines is 1. The molecule has 0 amide bonds. The zero-order chi connectivity index (χ0) is 12.1. The minimum Gasteiger partial charge on any atom is -0.503 e. The Morgan fingerprint density at radius 1 is 1.69 bits per heavy atom. The maximum atomic E-state index is 8.91. The summed E-state index contributed by atoms with van der Waals surface area (Å²) in [5.41, 5.74) is 5.62. The van der Waals surface area contributed by atoms with Gasteiger partial charge in [0.2, 0.25) is 0 Å². The highest BCUT2D eigenvalue weighted by atomic mass is 35.5. The molecule has 0 unspecified atom stereocenters. The summed E-state index contributed by atoms with van der Waals surface area (Å²) in [6, 6.07) is 1.86. The number of nitrogen functional groups attached to an aromatic ring is 1. The number of nitriles is 1. The lowest BCUT2D eigenvalue weighted by Crippen LogP contribution is -2.02. The van der Waals surface area contributed by atoms with Gasteiger partial charge in [0.15, 0.2) is 5.75 Å². The molecule has 0 saturated heterocycles. The molecule has 0 spiro atoms. The van der Waals surface area contributed by atoms with Crippen LogP contribution in [0.1, 0.15) is 18.9 Å². The number of aromatic nitrogens is 1. The fourth-order valence-corrected chi connectivity index (χ4v) is 1.31. The van der Waals surface area contributed by atoms with Gasteiger partial charge in [0, 0.05) is 0 Å². The highest BCUT2D eigenvalue weighted by Crippen LogP contribution is 2.38. The molecule has 0 saturated carbocycles. The van der Waals surface area contributed by atoms with Crippen LogP contribution in [0.25, 0.3) is 4.85 Å². The van der Waals surface area contributed by atoms with Gasteiger partial charge in [0.25, 0.3) is 5.69 Å². The van der Waals surface area contributed by atoms with Gasteiger partial charge in [-0.05, 0) is 6.42 Å². The first-order valence-corrected chi connectivity index (χ1v) is 4.92. The number of hydrogen-bond acceptors (Lipinski definition) is 4. The van der Waals surface area contributed by atoms with Gasteiger partial charge in [-0.25, -0.2) is 9.83 Å². The van der Waals surface area contributed by atoms with Crippen molar-refractivity contribution in [2.24, 2.45) is 0 Å². The fourth-order valence-electron chi connectivity index (χ4n) is 1.09. The Morgan fingerprint density at radius 2 is 2.38 bits per heavy atom. The van der Waals surface area contributed by atoms with Crippen molar-refractivity contribution < 1.29 is 4.74 Å². The largest absolute Gasteiger partial charge is 0.503 e. The lowest BCUT2D eigenvalue weighted by molar-refractivity contribution is 0.318. The highest BCUT2D eigenvalue weighted by molar-refractivity contribution is 6.31. The first-order chi connectivity index (χ1) is 7.65. The van der Waals surface area contributed by atoms with Crippen LogP contribution >= 0.6 is 11.6 Å². The molecule has 0 aromatic carbocycles. The van der Waals surface area contributed by atoms with Crippen molar-refractivity contribution >= 4 is 23.1 Å². The highest BCUT2D eigenvalue weighted by Gasteiger charge is 2.18. The molecule has 82 valence electrons. The van der Waals surface area contributed by atoms with Crippen molar-refractivity contribution in [2.75, 3.05) is 12.3 Å². The summed E-state index contributed by atoms with van der Waals surface area (Å²) in [4.78, 5) is 6.91. The van der Waals surface area contributed by atoms with Crippen LogP contribution in [0, 0.1) is 17.9 Å². The summed E-state index contributed by atoms with van der Waals surface area (Å²) in [7, 11) is 0. The molecule has 16 heavy (non-hydrogen) atoms. The summed E-state index contributed by atoms with van der Waals surface area (Å²) in [6.07, 6.45) is 0.752. The van der Waals surface area contributed by atoms with Crippen LogP contribution in [-0.4, -0.2) is 11.6 Å². The second kappa shape index (κ2) is 5.20. The number of nitrogens with two attached hydrogens (primary N) is 1. The van der Waals surface area contributed by atoms with Crippen molar-refractivity contribution in [3.63, 3.8) is 0 Å². The van der Waals surface area contributed by atoms with Crippen molar-refractivity contribution in [2.45, 2.75) is 13.3 Å². The van der Waals surface area contributed by atoms with Crippen LogP contribution in [0.3, 0.4) is 0 Å². The molecule has 5 nitrogen and oxygen atoms in total. The molecule has 0 atom stereocenters. The maximum Gasteiger partial charge on any atom is 0.270 e. The van der Waals surface area contributed by atoms with E-state index in [-0.39, 0.29) is 28.0 Å². The van der Waals surface area contributed by atoms with Crippen LogP contribution in [0.2, 0.25) is 5.15 Å². The second-order valence-corrected chi connectivity index (χ2v) is 3.27. The molecule has 1 aromatic heterocycles. The lowest BCUT2D eigenvalue weighted by Gasteiger charge is -2.10. The molecule has 1 aromatic rings. The Morgan fingerprint density at radius 3 is 2.88 bits per heavy atom. The summed E-state index contributed by atoms with van der Waals surface area (Å²) < 4.78 is 5.32. The van der Waals surface area contributed by atoms with Gasteiger partial charge in [-0.3, -0.25) is 0 Å². The molecule has 0 aliphatic carbocycles. The van der Waals surface area contributed by atoms with Crippen LogP contribution in [0.4, 0.5) is 11.5 Å². The molecule has 1 rings (SSSR count). The third kappa shape index (κ3) is 2.16. The third-order valence-corrected chi connectivity index (χ3v) is 2.06. The van der Waals surface area contributed by atoms with Gasteiger partial charge in [-0.2, -0.15) is 5.26 Å². The number of pyridine rings is 1. The Kier molecular flexibility index (Phi) is 3.93. The Bertz CT molecular complexity index is 449. The summed E-state index contributed by atoms with van der Waals surface area (Å²) in [5, 5.41) is 8.87. The van der Waals surface area contributed by atoms with E-state index in [0.29, 0.717) is 6.61 Å². The van der Waals surface area contributed by atoms with E-state index in [1.54, 1.807) is 0 Å². The van der Waals surface area contributed by atoms with Gasteiger partial charge in [0.05, 0.1) is 13.2 Å². The summed E-state index contributed by atoms with van der Waals surface area (Å²) in [5.74, 6) is 0.0990. The van der Waals surface area contributed by atoms with Crippen molar-refractivity contribution in [3.05, 3.63) is 22.1 Å². The van der Waals surface area contributed by atoms with Crippen LogP contribution < -0.4 is 10.5 Å². The zero-order valence-electron chi connectivity index (χ0n) is 8.62. The SMILES string of the molecule is [C-]#[N+]c1c(N)nc(Cl)c(C#N)c1OCCC. The molecule has 6 heteroatoms. The number of halogens is 1. The minimum atomic E-state index is -0.0431. The van der Waals surface area contributed by atoms with Gasteiger partial charge in [0.1, 0.15) is 22.6 Å². The van der Waals surface area contributed by atoms with E-state index < -0.39 is 0 Å². The Balaban J connectivity index is 3.40. The molecular formula is C10H9ClN4O. The van der Waals surface area contributed by atoms with Crippen molar-refractivity contribution in [1.29, 1.82) is 5.26 Å². The van der Waals surface area contributed by atoms with Crippen molar-refractivity contribution in [3.8, 4) is 11.8 Å². The number of rotatable bonds is 3. The van der Waals surface area contributed by atoms with Crippen LogP contribution in [0.15, 0.2) is 0 Å². The molecule has 0 radical (unpaired) electrons. The first kappa shape index (κ1) is 12.1. The Labute approximate surface area is 98.2 Å².